The summed E-state index contributed by atoms with van der Waals surface area (Å²) in [5, 5.41) is 1.48. The van der Waals surface area contributed by atoms with Crippen LogP contribution in [0.3, 0.4) is 0 Å². The molecule has 0 radical (unpaired) electrons. The van der Waals surface area contributed by atoms with Crippen LogP contribution in [0.5, 0.6) is 0 Å². The Hall–Kier alpha value is -1.17. The largest absolute Gasteiger partial charge is 0.356 e. The molecular formula is C17H15BrClN3S. The van der Waals surface area contributed by atoms with Crippen LogP contribution in [0, 0.1) is 6.92 Å². The third-order valence-corrected chi connectivity index (χ3v) is 5.92. The van der Waals surface area contributed by atoms with Gasteiger partial charge in [-0.2, -0.15) is 4.98 Å². The SMILES string of the molecule is Cc1sc2nc(Cl)nc(N3CCCC3)c2c1-c1ccc(Br)cc1. The third-order valence-electron chi connectivity index (χ3n) is 4.22. The molecule has 1 aliphatic heterocycles. The van der Waals surface area contributed by atoms with Crippen LogP contribution in [-0.4, -0.2) is 23.1 Å². The normalized spacial score (nSPS) is 14.8. The maximum absolute atomic E-state index is 6.18. The lowest BCUT2D eigenvalue weighted by Crippen LogP contribution is -2.19. The van der Waals surface area contributed by atoms with E-state index in [4.69, 9.17) is 11.6 Å². The Morgan fingerprint density at radius 3 is 2.52 bits per heavy atom. The van der Waals surface area contributed by atoms with Crippen LogP contribution < -0.4 is 4.90 Å². The highest BCUT2D eigenvalue weighted by Crippen LogP contribution is 2.43. The van der Waals surface area contributed by atoms with Crippen molar-refractivity contribution >= 4 is 54.9 Å². The summed E-state index contributed by atoms with van der Waals surface area (Å²) < 4.78 is 1.08. The molecule has 0 aliphatic carbocycles. The number of halogens is 2. The summed E-state index contributed by atoms with van der Waals surface area (Å²) in [5.74, 6) is 0.986. The maximum Gasteiger partial charge on any atom is 0.225 e. The molecule has 0 N–H and O–H groups in total. The molecule has 3 aromatic rings. The number of benzene rings is 1. The third kappa shape index (κ3) is 2.75. The van der Waals surface area contributed by atoms with Gasteiger partial charge in [-0.05, 0) is 49.1 Å². The molecule has 1 saturated heterocycles. The predicted molar refractivity (Wildman–Crippen MR) is 102 cm³/mol. The number of nitrogens with zero attached hydrogens (tertiary/aromatic N) is 3. The fraction of sp³-hybridized carbons (Fsp3) is 0.294. The van der Waals surface area contributed by atoms with Crippen molar-refractivity contribution in [1.82, 2.24) is 9.97 Å². The van der Waals surface area contributed by atoms with E-state index in [-0.39, 0.29) is 0 Å². The molecule has 0 spiro atoms. The zero-order chi connectivity index (χ0) is 16.0. The van der Waals surface area contributed by atoms with E-state index in [1.165, 1.54) is 28.8 Å². The van der Waals surface area contributed by atoms with E-state index < -0.39 is 0 Å². The van der Waals surface area contributed by atoms with Gasteiger partial charge in [0.1, 0.15) is 10.6 Å². The van der Waals surface area contributed by atoms with Gasteiger partial charge < -0.3 is 4.90 Å². The Bertz CT molecular complexity index is 870. The quantitative estimate of drug-likeness (QED) is 0.511. The Morgan fingerprint density at radius 1 is 1.13 bits per heavy atom. The van der Waals surface area contributed by atoms with Crippen LogP contribution in [-0.2, 0) is 0 Å². The highest BCUT2D eigenvalue weighted by Gasteiger charge is 2.23. The molecule has 0 bridgehead atoms. The number of rotatable bonds is 2. The summed E-state index contributed by atoms with van der Waals surface area (Å²) in [6.07, 6.45) is 2.42. The van der Waals surface area contributed by atoms with Gasteiger partial charge in [0.2, 0.25) is 5.28 Å². The smallest absolute Gasteiger partial charge is 0.225 e. The molecule has 6 heteroatoms. The number of aryl methyl sites for hydroxylation is 1. The topological polar surface area (TPSA) is 29.0 Å². The van der Waals surface area contributed by atoms with Crippen molar-refractivity contribution in [3.05, 3.63) is 38.9 Å². The van der Waals surface area contributed by atoms with Crippen LogP contribution in [0.4, 0.5) is 5.82 Å². The number of aromatic nitrogens is 2. The van der Waals surface area contributed by atoms with Gasteiger partial charge in [-0.25, -0.2) is 4.98 Å². The van der Waals surface area contributed by atoms with Gasteiger partial charge in [0.15, 0.2) is 0 Å². The summed E-state index contributed by atoms with van der Waals surface area (Å²) in [4.78, 5) is 13.6. The van der Waals surface area contributed by atoms with E-state index in [0.717, 1.165) is 33.6 Å². The number of thiophene rings is 1. The number of anilines is 1. The van der Waals surface area contributed by atoms with Crippen LogP contribution in [0.25, 0.3) is 21.3 Å². The average Bonchev–Trinajstić information content (AvgIpc) is 3.14. The highest BCUT2D eigenvalue weighted by atomic mass is 79.9. The molecule has 0 unspecified atom stereocenters. The van der Waals surface area contributed by atoms with Gasteiger partial charge in [-0.15, -0.1) is 11.3 Å². The second kappa shape index (κ2) is 6.04. The molecule has 0 saturated carbocycles. The minimum atomic E-state index is 0.336. The van der Waals surface area contributed by atoms with Gasteiger partial charge in [0.05, 0.1) is 5.39 Å². The lowest BCUT2D eigenvalue weighted by Gasteiger charge is -2.18. The van der Waals surface area contributed by atoms with Crippen LogP contribution in [0.1, 0.15) is 17.7 Å². The van der Waals surface area contributed by atoms with Gasteiger partial charge in [-0.1, -0.05) is 28.1 Å². The first-order valence-electron chi connectivity index (χ1n) is 7.61. The zero-order valence-electron chi connectivity index (χ0n) is 12.6. The van der Waals surface area contributed by atoms with Crippen molar-refractivity contribution in [2.75, 3.05) is 18.0 Å². The molecule has 2 aromatic heterocycles. The van der Waals surface area contributed by atoms with Gasteiger partial charge in [0.25, 0.3) is 0 Å². The van der Waals surface area contributed by atoms with Gasteiger partial charge in [-0.3, -0.25) is 0 Å². The molecule has 3 nitrogen and oxygen atoms in total. The molecule has 3 heterocycles. The average molecular weight is 409 g/mol. The molecule has 0 atom stereocenters. The van der Waals surface area contributed by atoms with Crippen LogP contribution >= 0.6 is 38.9 Å². The van der Waals surface area contributed by atoms with Gasteiger partial charge >= 0.3 is 0 Å². The Kier molecular flexibility index (Phi) is 4.03. The first-order valence-corrected chi connectivity index (χ1v) is 9.60. The van der Waals surface area contributed by atoms with Gasteiger partial charge in [0, 0.05) is 28.0 Å². The van der Waals surface area contributed by atoms with Crippen molar-refractivity contribution < 1.29 is 0 Å². The Morgan fingerprint density at radius 2 is 1.83 bits per heavy atom. The molecule has 1 aromatic carbocycles. The summed E-state index contributed by atoms with van der Waals surface area (Å²) in [6.45, 7) is 4.22. The first-order chi connectivity index (χ1) is 11.1. The Balaban J connectivity index is 2.00. The number of fused-ring (bicyclic) bond motifs is 1. The van der Waals surface area contributed by atoms with E-state index in [1.54, 1.807) is 11.3 Å². The lowest BCUT2D eigenvalue weighted by molar-refractivity contribution is 0.940. The van der Waals surface area contributed by atoms with Crippen LogP contribution in [0.2, 0.25) is 5.28 Å². The first kappa shape index (κ1) is 15.4. The minimum Gasteiger partial charge on any atom is -0.356 e. The van der Waals surface area contributed by atoms with E-state index >= 15 is 0 Å². The monoisotopic (exact) mass is 407 g/mol. The predicted octanol–water partition coefficient (Wildman–Crippen LogP) is 5.68. The van der Waals surface area contributed by atoms with Crippen molar-refractivity contribution in [2.24, 2.45) is 0 Å². The molecule has 118 valence electrons. The molecule has 1 fully saturated rings. The highest BCUT2D eigenvalue weighted by molar-refractivity contribution is 9.10. The van der Waals surface area contributed by atoms with Crippen molar-refractivity contribution in [3.8, 4) is 11.1 Å². The zero-order valence-corrected chi connectivity index (χ0v) is 15.8. The fourth-order valence-electron chi connectivity index (χ4n) is 3.19. The van der Waals surface area contributed by atoms with E-state index in [0.29, 0.717) is 5.28 Å². The number of hydrogen-bond acceptors (Lipinski definition) is 4. The van der Waals surface area contributed by atoms with E-state index in [2.05, 4.69) is 62.0 Å². The lowest BCUT2D eigenvalue weighted by atomic mass is 10.0. The minimum absolute atomic E-state index is 0.336. The standard InChI is InChI=1S/C17H15BrClN3S/c1-10-13(11-4-6-12(18)7-5-11)14-15(22-8-2-3-9-22)20-17(19)21-16(14)23-10/h4-7H,2-3,8-9H2,1H3. The number of hydrogen-bond donors (Lipinski definition) is 0. The summed E-state index contributed by atoms with van der Waals surface area (Å²) in [7, 11) is 0. The molecule has 23 heavy (non-hydrogen) atoms. The maximum atomic E-state index is 6.18. The molecule has 1 aliphatic rings. The molecule has 4 rings (SSSR count). The fourth-order valence-corrected chi connectivity index (χ4v) is 4.71. The Labute approximate surface area is 152 Å². The summed E-state index contributed by atoms with van der Waals surface area (Å²) in [6, 6.07) is 8.43. The van der Waals surface area contributed by atoms with Crippen molar-refractivity contribution in [1.29, 1.82) is 0 Å². The van der Waals surface area contributed by atoms with E-state index in [1.807, 2.05) is 0 Å². The van der Waals surface area contributed by atoms with Crippen LogP contribution in [0.15, 0.2) is 28.7 Å². The second-order valence-electron chi connectivity index (χ2n) is 5.73. The summed E-state index contributed by atoms with van der Waals surface area (Å²) >= 11 is 11.4. The summed E-state index contributed by atoms with van der Waals surface area (Å²) in [5.41, 5.74) is 2.43. The second-order valence-corrected chi connectivity index (χ2v) is 8.19. The molecule has 0 amide bonds. The van der Waals surface area contributed by atoms with E-state index in [9.17, 15) is 0 Å². The van der Waals surface area contributed by atoms with Crippen molar-refractivity contribution in [3.63, 3.8) is 0 Å². The molecular weight excluding hydrogens is 394 g/mol. The van der Waals surface area contributed by atoms with Crippen molar-refractivity contribution in [2.45, 2.75) is 19.8 Å².